The van der Waals surface area contributed by atoms with Gasteiger partial charge >= 0.3 is 0 Å². The van der Waals surface area contributed by atoms with Gasteiger partial charge in [0.1, 0.15) is 0 Å². The first-order chi connectivity index (χ1) is 12.1. The summed E-state index contributed by atoms with van der Waals surface area (Å²) in [6.45, 7) is 8.08. The minimum absolute atomic E-state index is 0.581. The van der Waals surface area contributed by atoms with Crippen molar-refractivity contribution in [1.29, 1.82) is 0 Å². The van der Waals surface area contributed by atoms with E-state index in [-0.39, 0.29) is 0 Å². The number of hydrogen-bond acceptors (Lipinski definition) is 3. The van der Waals surface area contributed by atoms with Crippen LogP contribution in [0.2, 0.25) is 0 Å². The van der Waals surface area contributed by atoms with Crippen LogP contribution in [0.1, 0.15) is 11.1 Å². The lowest BCUT2D eigenvalue weighted by atomic mass is 9.99. The van der Waals surface area contributed by atoms with Gasteiger partial charge in [-0.1, -0.05) is 42.5 Å². The molecular formula is C22H30N2O. The fraction of sp³-hybridized carbons (Fsp3) is 0.455. The van der Waals surface area contributed by atoms with Crippen LogP contribution >= 0.6 is 0 Å². The standard InChI is InChI=1S/C22H30N2O/c1-18-7-4-5-10-22(18)21-9-6-8-19(13-21)15-24-11-12-25-17-20(16-24)14-23(2)3/h4-10,13,20H,11-12,14-17H2,1-3H3/t20-/m0/s1. The van der Waals surface area contributed by atoms with Gasteiger partial charge in [0, 0.05) is 32.1 Å². The number of hydrogen-bond donors (Lipinski definition) is 0. The lowest BCUT2D eigenvalue weighted by Crippen LogP contribution is -2.34. The molecule has 1 saturated heterocycles. The molecule has 1 atom stereocenters. The Hall–Kier alpha value is -1.68. The summed E-state index contributed by atoms with van der Waals surface area (Å²) in [6.07, 6.45) is 0. The van der Waals surface area contributed by atoms with Crippen molar-refractivity contribution < 1.29 is 4.74 Å². The number of benzene rings is 2. The maximum atomic E-state index is 5.82. The van der Waals surface area contributed by atoms with Crippen molar-refractivity contribution in [1.82, 2.24) is 9.80 Å². The molecule has 1 heterocycles. The molecule has 0 amide bonds. The predicted octanol–water partition coefficient (Wildman–Crippen LogP) is 3.67. The molecule has 1 aliphatic heterocycles. The van der Waals surface area contributed by atoms with Gasteiger partial charge in [-0.15, -0.1) is 0 Å². The first-order valence-electron chi connectivity index (χ1n) is 9.21. The van der Waals surface area contributed by atoms with E-state index in [1.807, 2.05) is 0 Å². The Bertz CT molecular complexity index is 683. The second-order valence-corrected chi connectivity index (χ2v) is 7.45. The second kappa shape index (κ2) is 8.61. The third kappa shape index (κ3) is 5.15. The van der Waals surface area contributed by atoms with Crippen molar-refractivity contribution in [3.63, 3.8) is 0 Å². The molecule has 134 valence electrons. The maximum absolute atomic E-state index is 5.82. The summed E-state index contributed by atoms with van der Waals surface area (Å²) >= 11 is 0. The highest BCUT2D eigenvalue weighted by molar-refractivity contribution is 5.67. The summed E-state index contributed by atoms with van der Waals surface area (Å²) in [5.41, 5.74) is 5.35. The topological polar surface area (TPSA) is 15.7 Å². The van der Waals surface area contributed by atoms with Crippen LogP contribution < -0.4 is 0 Å². The largest absolute Gasteiger partial charge is 0.380 e. The summed E-state index contributed by atoms with van der Waals surface area (Å²) in [5, 5.41) is 0. The number of aryl methyl sites for hydroxylation is 1. The molecule has 1 fully saturated rings. The number of rotatable bonds is 5. The van der Waals surface area contributed by atoms with Crippen LogP contribution in [0.4, 0.5) is 0 Å². The molecule has 1 aliphatic rings. The summed E-state index contributed by atoms with van der Waals surface area (Å²) in [7, 11) is 4.28. The SMILES string of the molecule is Cc1ccccc1-c1cccc(CN2CCOC[C@@H](CN(C)C)C2)c1. The zero-order chi connectivity index (χ0) is 17.6. The van der Waals surface area contributed by atoms with E-state index in [0.717, 1.165) is 39.4 Å². The van der Waals surface area contributed by atoms with Crippen molar-refractivity contribution in [2.45, 2.75) is 13.5 Å². The van der Waals surface area contributed by atoms with Crippen LogP contribution in [0.3, 0.4) is 0 Å². The Kier molecular flexibility index (Phi) is 6.24. The highest BCUT2D eigenvalue weighted by Gasteiger charge is 2.19. The molecule has 0 aliphatic carbocycles. The Morgan fingerprint density at radius 3 is 2.76 bits per heavy atom. The van der Waals surface area contributed by atoms with Gasteiger partial charge in [0.25, 0.3) is 0 Å². The molecule has 25 heavy (non-hydrogen) atoms. The van der Waals surface area contributed by atoms with Gasteiger partial charge in [-0.3, -0.25) is 4.90 Å². The monoisotopic (exact) mass is 338 g/mol. The molecule has 0 radical (unpaired) electrons. The van der Waals surface area contributed by atoms with Crippen LogP contribution in [-0.4, -0.2) is 56.7 Å². The molecule has 0 unspecified atom stereocenters. The number of ether oxygens (including phenoxy) is 1. The van der Waals surface area contributed by atoms with Gasteiger partial charge in [-0.2, -0.15) is 0 Å². The number of nitrogens with zero attached hydrogens (tertiary/aromatic N) is 2. The summed E-state index contributed by atoms with van der Waals surface area (Å²) < 4.78 is 5.82. The predicted molar refractivity (Wildman–Crippen MR) is 105 cm³/mol. The molecule has 2 aromatic carbocycles. The molecule has 0 saturated carbocycles. The van der Waals surface area contributed by atoms with Crippen molar-refractivity contribution >= 4 is 0 Å². The van der Waals surface area contributed by atoms with Crippen LogP contribution in [0.5, 0.6) is 0 Å². The van der Waals surface area contributed by atoms with Gasteiger partial charge in [-0.05, 0) is 49.3 Å². The molecule has 3 nitrogen and oxygen atoms in total. The highest BCUT2D eigenvalue weighted by atomic mass is 16.5. The van der Waals surface area contributed by atoms with Crippen LogP contribution in [0, 0.1) is 12.8 Å². The summed E-state index contributed by atoms with van der Waals surface area (Å²) in [5.74, 6) is 0.581. The van der Waals surface area contributed by atoms with Crippen molar-refractivity contribution in [3.8, 4) is 11.1 Å². The average Bonchev–Trinajstić information content (AvgIpc) is 2.80. The maximum Gasteiger partial charge on any atom is 0.0593 e. The van der Waals surface area contributed by atoms with E-state index in [0.29, 0.717) is 5.92 Å². The van der Waals surface area contributed by atoms with Crippen LogP contribution in [-0.2, 0) is 11.3 Å². The fourth-order valence-electron chi connectivity index (χ4n) is 3.72. The lowest BCUT2D eigenvalue weighted by molar-refractivity contribution is 0.112. The zero-order valence-corrected chi connectivity index (χ0v) is 15.7. The molecule has 0 bridgehead atoms. The van der Waals surface area contributed by atoms with Crippen molar-refractivity contribution in [2.75, 3.05) is 46.9 Å². The Balaban J connectivity index is 1.72. The van der Waals surface area contributed by atoms with Gasteiger partial charge < -0.3 is 9.64 Å². The third-order valence-electron chi connectivity index (χ3n) is 4.83. The Morgan fingerprint density at radius 1 is 1.12 bits per heavy atom. The molecule has 0 spiro atoms. The van der Waals surface area contributed by atoms with E-state index in [2.05, 4.69) is 79.3 Å². The molecule has 2 aromatic rings. The molecule has 3 rings (SSSR count). The molecule has 0 aromatic heterocycles. The van der Waals surface area contributed by atoms with Gasteiger partial charge in [0.15, 0.2) is 0 Å². The first kappa shape index (κ1) is 18.1. The normalized spacial score (nSPS) is 19.1. The van der Waals surface area contributed by atoms with Crippen LogP contribution in [0.25, 0.3) is 11.1 Å². The average molecular weight is 338 g/mol. The van der Waals surface area contributed by atoms with E-state index >= 15 is 0 Å². The van der Waals surface area contributed by atoms with Gasteiger partial charge in [0.05, 0.1) is 13.2 Å². The smallest absolute Gasteiger partial charge is 0.0593 e. The summed E-state index contributed by atoms with van der Waals surface area (Å²) in [6, 6.07) is 17.6. The molecule has 3 heteroatoms. The quantitative estimate of drug-likeness (QED) is 0.827. The van der Waals surface area contributed by atoms with Crippen molar-refractivity contribution in [2.24, 2.45) is 5.92 Å². The van der Waals surface area contributed by atoms with E-state index in [1.54, 1.807) is 0 Å². The van der Waals surface area contributed by atoms with Crippen LogP contribution in [0.15, 0.2) is 48.5 Å². The molecule has 0 N–H and O–H groups in total. The zero-order valence-electron chi connectivity index (χ0n) is 15.7. The Labute approximate surface area is 152 Å². The third-order valence-corrected chi connectivity index (χ3v) is 4.83. The minimum Gasteiger partial charge on any atom is -0.380 e. The highest BCUT2D eigenvalue weighted by Crippen LogP contribution is 2.24. The Morgan fingerprint density at radius 2 is 1.96 bits per heavy atom. The first-order valence-corrected chi connectivity index (χ1v) is 9.21. The van der Waals surface area contributed by atoms with E-state index in [1.165, 1.54) is 22.3 Å². The van der Waals surface area contributed by atoms with Gasteiger partial charge in [-0.25, -0.2) is 0 Å². The van der Waals surface area contributed by atoms with Crippen molar-refractivity contribution in [3.05, 3.63) is 59.7 Å². The van der Waals surface area contributed by atoms with E-state index < -0.39 is 0 Å². The van der Waals surface area contributed by atoms with E-state index in [4.69, 9.17) is 4.74 Å². The lowest BCUT2D eigenvalue weighted by Gasteiger charge is -2.25. The second-order valence-electron chi connectivity index (χ2n) is 7.45. The minimum atomic E-state index is 0.581. The van der Waals surface area contributed by atoms with E-state index in [9.17, 15) is 0 Å². The molecular weight excluding hydrogens is 308 g/mol. The fourth-order valence-corrected chi connectivity index (χ4v) is 3.72. The summed E-state index contributed by atoms with van der Waals surface area (Å²) in [4.78, 5) is 4.80. The van der Waals surface area contributed by atoms with Gasteiger partial charge in [0.2, 0.25) is 0 Å².